The summed E-state index contributed by atoms with van der Waals surface area (Å²) in [4.78, 5) is 24.9. The Morgan fingerprint density at radius 1 is 1.39 bits per heavy atom. The Hall–Kier alpha value is -2.25. The molecule has 1 amide bonds. The van der Waals surface area contributed by atoms with E-state index >= 15 is 0 Å². The number of hydrogen-bond acceptors (Lipinski definition) is 5. The zero-order valence-electron chi connectivity index (χ0n) is 12.2. The molecule has 0 aliphatic rings. The fourth-order valence-corrected chi connectivity index (χ4v) is 3.06. The van der Waals surface area contributed by atoms with Crippen molar-refractivity contribution in [3.63, 3.8) is 0 Å². The molecule has 0 spiro atoms. The fourth-order valence-electron chi connectivity index (χ4n) is 1.92. The first kappa shape index (κ1) is 15.6. The van der Waals surface area contributed by atoms with Crippen LogP contribution in [0.3, 0.4) is 0 Å². The Morgan fingerprint density at radius 2 is 2.26 bits per heavy atom. The van der Waals surface area contributed by atoms with Crippen LogP contribution in [-0.4, -0.2) is 27.7 Å². The lowest BCUT2D eigenvalue weighted by molar-refractivity contribution is 0.167. The van der Waals surface area contributed by atoms with Crippen LogP contribution in [0.5, 0.6) is 0 Å². The maximum Gasteiger partial charge on any atom is 0.413 e. The average molecular weight is 349 g/mol. The Kier molecular flexibility index (Phi) is 4.68. The molecule has 3 aromatic rings. The molecular weight excluding hydrogens is 336 g/mol. The van der Waals surface area contributed by atoms with Crippen LogP contribution in [0.2, 0.25) is 5.02 Å². The molecule has 8 heteroatoms. The lowest BCUT2D eigenvalue weighted by Crippen LogP contribution is -2.14. The van der Waals surface area contributed by atoms with Crippen molar-refractivity contribution in [3.8, 4) is 0 Å². The van der Waals surface area contributed by atoms with Crippen molar-refractivity contribution < 1.29 is 9.53 Å². The molecule has 0 aliphatic carbocycles. The van der Waals surface area contributed by atoms with Gasteiger partial charge in [0, 0.05) is 21.0 Å². The van der Waals surface area contributed by atoms with Gasteiger partial charge in [0.1, 0.15) is 5.52 Å². The zero-order chi connectivity index (χ0) is 16.2. The number of halogens is 1. The molecular formula is C15H13ClN4O2S. The van der Waals surface area contributed by atoms with Crippen molar-refractivity contribution in [2.45, 2.75) is 16.7 Å². The maximum atomic E-state index is 11.4. The Balaban J connectivity index is 1.80. The predicted octanol–water partition coefficient (Wildman–Crippen LogP) is 4.33. The highest BCUT2D eigenvalue weighted by molar-refractivity contribution is 7.99. The van der Waals surface area contributed by atoms with Crippen LogP contribution in [0.4, 0.5) is 10.7 Å². The lowest BCUT2D eigenvalue weighted by atomic mass is 10.4. The van der Waals surface area contributed by atoms with Crippen LogP contribution >= 0.6 is 23.4 Å². The van der Waals surface area contributed by atoms with Crippen LogP contribution in [0.1, 0.15) is 6.92 Å². The van der Waals surface area contributed by atoms with Gasteiger partial charge in [-0.2, -0.15) is 0 Å². The van der Waals surface area contributed by atoms with Gasteiger partial charge in [-0.05, 0) is 31.2 Å². The number of fused-ring (bicyclic) bond motifs is 1. The first-order valence-electron chi connectivity index (χ1n) is 6.87. The van der Waals surface area contributed by atoms with Gasteiger partial charge in [-0.15, -0.1) is 0 Å². The molecule has 2 heterocycles. The zero-order valence-corrected chi connectivity index (χ0v) is 13.7. The summed E-state index contributed by atoms with van der Waals surface area (Å²) in [6.07, 6.45) is 1.18. The van der Waals surface area contributed by atoms with E-state index in [2.05, 4.69) is 20.3 Å². The van der Waals surface area contributed by atoms with E-state index in [1.165, 1.54) is 11.8 Å². The van der Waals surface area contributed by atoms with Gasteiger partial charge in [-0.1, -0.05) is 29.4 Å². The molecule has 23 heavy (non-hydrogen) atoms. The number of nitrogens with zero attached hydrogens (tertiary/aromatic N) is 2. The molecule has 2 N–H and O–H groups in total. The van der Waals surface area contributed by atoms with E-state index in [1.54, 1.807) is 13.1 Å². The van der Waals surface area contributed by atoms with Crippen LogP contribution in [0.25, 0.3) is 11.2 Å². The average Bonchev–Trinajstić information content (AvgIpc) is 2.88. The summed E-state index contributed by atoms with van der Waals surface area (Å²) in [5, 5.41) is 3.20. The molecule has 0 aliphatic heterocycles. The quantitative estimate of drug-likeness (QED) is 0.733. The predicted molar refractivity (Wildman–Crippen MR) is 90.1 cm³/mol. The molecule has 2 aromatic heterocycles. The van der Waals surface area contributed by atoms with Crippen LogP contribution in [-0.2, 0) is 4.74 Å². The van der Waals surface area contributed by atoms with Crippen LogP contribution in [0, 0.1) is 0 Å². The molecule has 3 rings (SSSR count). The van der Waals surface area contributed by atoms with E-state index in [9.17, 15) is 4.79 Å². The highest BCUT2D eigenvalue weighted by Crippen LogP contribution is 2.30. The molecule has 0 saturated heterocycles. The molecule has 0 radical (unpaired) electrons. The van der Waals surface area contributed by atoms with Gasteiger partial charge in [0.15, 0.2) is 5.65 Å². The van der Waals surface area contributed by atoms with Gasteiger partial charge in [0.05, 0.1) is 6.61 Å². The maximum absolute atomic E-state index is 11.4. The number of ether oxygens (including phenoxy) is 1. The molecule has 0 unspecified atom stereocenters. The number of carbonyl (C=O) groups excluding carboxylic acids is 1. The van der Waals surface area contributed by atoms with E-state index < -0.39 is 6.09 Å². The molecule has 1 aromatic carbocycles. The Bertz CT molecular complexity index is 852. The molecule has 0 fully saturated rings. The standard InChI is InChI=1S/C15H13ClN4O2S/c1-2-22-15(21)20-14-18-12-7-11(8-17-13(12)19-14)23-10-5-3-4-9(16)6-10/h3-8H,2H2,1H3,(H2,17,18,19,20,21). The van der Waals surface area contributed by atoms with Crippen LogP contribution < -0.4 is 5.32 Å². The topological polar surface area (TPSA) is 79.9 Å². The smallest absolute Gasteiger partial charge is 0.413 e. The molecule has 118 valence electrons. The van der Waals surface area contributed by atoms with Crippen molar-refractivity contribution in [2.75, 3.05) is 11.9 Å². The summed E-state index contributed by atoms with van der Waals surface area (Å²) in [5.74, 6) is 0.302. The van der Waals surface area contributed by atoms with E-state index in [1.807, 2.05) is 30.3 Å². The Labute approximate surface area is 141 Å². The number of benzene rings is 1. The van der Waals surface area contributed by atoms with Crippen molar-refractivity contribution in [1.29, 1.82) is 0 Å². The number of aromatic amines is 1. The van der Waals surface area contributed by atoms with Crippen molar-refractivity contribution in [3.05, 3.63) is 41.6 Å². The number of amides is 1. The van der Waals surface area contributed by atoms with Crippen molar-refractivity contribution in [2.24, 2.45) is 0 Å². The second kappa shape index (κ2) is 6.89. The first-order chi connectivity index (χ1) is 11.1. The third-order valence-corrected chi connectivity index (χ3v) is 4.02. The van der Waals surface area contributed by atoms with E-state index in [0.29, 0.717) is 28.7 Å². The van der Waals surface area contributed by atoms with Gasteiger partial charge in [0.25, 0.3) is 0 Å². The largest absolute Gasteiger partial charge is 0.450 e. The molecule has 0 bridgehead atoms. The van der Waals surface area contributed by atoms with E-state index in [0.717, 1.165) is 9.79 Å². The second-order valence-corrected chi connectivity index (χ2v) is 6.11. The number of hydrogen-bond donors (Lipinski definition) is 2. The SMILES string of the molecule is CCOC(=O)Nc1nc2cc(Sc3cccc(Cl)c3)cnc2[nH]1. The van der Waals surface area contributed by atoms with Gasteiger partial charge in [0.2, 0.25) is 5.95 Å². The first-order valence-corrected chi connectivity index (χ1v) is 8.06. The monoisotopic (exact) mass is 348 g/mol. The number of imidazole rings is 1. The summed E-state index contributed by atoms with van der Waals surface area (Å²) in [7, 11) is 0. The fraction of sp³-hybridized carbons (Fsp3) is 0.133. The number of carbonyl (C=O) groups is 1. The highest BCUT2D eigenvalue weighted by Gasteiger charge is 2.09. The van der Waals surface area contributed by atoms with Gasteiger partial charge < -0.3 is 9.72 Å². The summed E-state index contributed by atoms with van der Waals surface area (Å²) in [5.41, 5.74) is 1.25. The summed E-state index contributed by atoms with van der Waals surface area (Å²) < 4.78 is 4.81. The number of nitrogens with one attached hydrogen (secondary N) is 2. The van der Waals surface area contributed by atoms with E-state index in [4.69, 9.17) is 16.3 Å². The van der Waals surface area contributed by atoms with Crippen molar-refractivity contribution >= 4 is 46.6 Å². The van der Waals surface area contributed by atoms with E-state index in [-0.39, 0.29) is 0 Å². The van der Waals surface area contributed by atoms with Crippen LogP contribution in [0.15, 0.2) is 46.3 Å². The third kappa shape index (κ3) is 3.94. The minimum absolute atomic E-state index is 0.296. The third-order valence-electron chi connectivity index (χ3n) is 2.84. The summed E-state index contributed by atoms with van der Waals surface area (Å²) in [6.45, 7) is 2.03. The Morgan fingerprint density at radius 3 is 3.04 bits per heavy atom. The number of aromatic nitrogens is 3. The molecule has 6 nitrogen and oxygen atoms in total. The normalized spacial score (nSPS) is 10.7. The number of pyridine rings is 1. The molecule has 0 saturated carbocycles. The summed E-state index contributed by atoms with van der Waals surface area (Å²) >= 11 is 7.52. The highest BCUT2D eigenvalue weighted by atomic mass is 35.5. The van der Waals surface area contributed by atoms with Gasteiger partial charge in [-0.3, -0.25) is 5.32 Å². The second-order valence-electron chi connectivity index (χ2n) is 4.53. The number of anilines is 1. The van der Waals surface area contributed by atoms with Gasteiger partial charge in [-0.25, -0.2) is 14.8 Å². The van der Waals surface area contributed by atoms with Gasteiger partial charge >= 0.3 is 6.09 Å². The lowest BCUT2D eigenvalue weighted by Gasteiger charge is -2.01. The number of rotatable bonds is 4. The van der Waals surface area contributed by atoms with Crippen molar-refractivity contribution in [1.82, 2.24) is 15.0 Å². The minimum Gasteiger partial charge on any atom is -0.450 e. The minimum atomic E-state index is -0.555. The summed E-state index contributed by atoms with van der Waals surface area (Å²) in [6, 6.07) is 9.47. The molecule has 0 atom stereocenters. The number of H-pyrrole nitrogens is 1.